The van der Waals surface area contributed by atoms with Crippen molar-refractivity contribution in [3.05, 3.63) is 30.3 Å². The lowest BCUT2D eigenvalue weighted by atomic mass is 10.2. The zero-order valence-corrected chi connectivity index (χ0v) is 9.71. The largest absolute Gasteiger partial charge is 0.493 e. The maximum atomic E-state index is 11.9. The number of hydrogen-bond acceptors (Lipinski definition) is 4. The number of benzene rings is 1. The smallest absolute Gasteiger partial charge is 0.244 e. The van der Waals surface area contributed by atoms with Gasteiger partial charge in [-0.2, -0.15) is 0 Å². The second-order valence-corrected chi connectivity index (χ2v) is 4.40. The maximum absolute atomic E-state index is 11.9. The first-order valence-electron chi connectivity index (χ1n) is 5.82. The number of rotatable bonds is 1. The van der Waals surface area contributed by atoms with E-state index in [1.165, 1.54) is 6.07 Å². The van der Waals surface area contributed by atoms with E-state index in [0.717, 1.165) is 5.39 Å². The van der Waals surface area contributed by atoms with Crippen LogP contribution in [0.15, 0.2) is 30.3 Å². The van der Waals surface area contributed by atoms with E-state index in [2.05, 4.69) is 4.98 Å². The van der Waals surface area contributed by atoms with Crippen molar-refractivity contribution < 1.29 is 9.90 Å². The minimum atomic E-state index is -0.433. The number of pyridine rings is 1. The highest BCUT2D eigenvalue weighted by Gasteiger charge is 2.30. The van der Waals surface area contributed by atoms with Crippen LogP contribution in [0.25, 0.3) is 10.9 Å². The molecule has 5 heteroatoms. The van der Waals surface area contributed by atoms with E-state index < -0.39 is 6.04 Å². The van der Waals surface area contributed by atoms with Crippen LogP contribution in [0, 0.1) is 0 Å². The van der Waals surface area contributed by atoms with Gasteiger partial charge in [-0.3, -0.25) is 4.79 Å². The van der Waals surface area contributed by atoms with Gasteiger partial charge in [-0.15, -0.1) is 0 Å². The van der Waals surface area contributed by atoms with E-state index in [1.54, 1.807) is 11.0 Å². The van der Waals surface area contributed by atoms with E-state index in [0.29, 0.717) is 24.2 Å². The van der Waals surface area contributed by atoms with E-state index in [4.69, 9.17) is 5.73 Å². The number of carbonyl (C=O) groups is 1. The van der Waals surface area contributed by atoms with Crippen molar-refractivity contribution in [2.24, 2.45) is 5.73 Å². The molecule has 2 aromatic rings. The summed E-state index contributed by atoms with van der Waals surface area (Å²) in [5.74, 6) is -0.140. The second kappa shape index (κ2) is 3.96. The molecule has 3 rings (SSSR count). The first kappa shape index (κ1) is 11.0. The summed E-state index contributed by atoms with van der Waals surface area (Å²) in [6.45, 7) is 0.594. The number of hydrogen-bond donors (Lipinski definition) is 2. The van der Waals surface area contributed by atoms with Gasteiger partial charge in [-0.1, -0.05) is 12.1 Å². The lowest BCUT2D eigenvalue weighted by Gasteiger charge is -2.17. The van der Waals surface area contributed by atoms with Crippen LogP contribution in [0.3, 0.4) is 0 Å². The molecule has 1 amide bonds. The molecule has 1 aliphatic rings. The van der Waals surface area contributed by atoms with Crippen LogP contribution in [0.1, 0.15) is 6.42 Å². The van der Waals surface area contributed by atoms with Gasteiger partial charge in [0.15, 0.2) is 0 Å². The third kappa shape index (κ3) is 1.60. The molecule has 1 aliphatic heterocycles. The van der Waals surface area contributed by atoms with Gasteiger partial charge in [0.1, 0.15) is 0 Å². The predicted octanol–water partition coefficient (Wildman–Crippen LogP) is 1.00. The number of anilines is 1. The summed E-state index contributed by atoms with van der Waals surface area (Å²) >= 11 is 0. The zero-order valence-electron chi connectivity index (χ0n) is 9.71. The summed E-state index contributed by atoms with van der Waals surface area (Å²) in [7, 11) is 0. The third-order valence-corrected chi connectivity index (χ3v) is 3.22. The van der Waals surface area contributed by atoms with Gasteiger partial charge in [0.05, 0.1) is 17.2 Å². The molecule has 1 saturated heterocycles. The number of nitrogens with zero attached hydrogens (tertiary/aromatic N) is 2. The zero-order chi connectivity index (χ0) is 12.7. The minimum absolute atomic E-state index is 0.0501. The molecule has 3 N–H and O–H groups in total. The lowest BCUT2D eigenvalue weighted by Crippen LogP contribution is -2.34. The molecule has 92 valence electrons. The van der Waals surface area contributed by atoms with Crippen molar-refractivity contribution in [1.29, 1.82) is 0 Å². The number of nitrogens with two attached hydrogens (primary N) is 1. The van der Waals surface area contributed by atoms with Crippen molar-refractivity contribution in [3.8, 4) is 5.88 Å². The van der Waals surface area contributed by atoms with Crippen LogP contribution in [0.5, 0.6) is 5.88 Å². The minimum Gasteiger partial charge on any atom is -0.493 e. The van der Waals surface area contributed by atoms with Gasteiger partial charge < -0.3 is 15.7 Å². The van der Waals surface area contributed by atoms with Gasteiger partial charge in [0.2, 0.25) is 11.8 Å². The average molecular weight is 243 g/mol. The Labute approximate surface area is 104 Å². The molecule has 1 unspecified atom stereocenters. The Hall–Kier alpha value is -2.14. The second-order valence-electron chi connectivity index (χ2n) is 4.40. The SMILES string of the molecule is NC1CCN(c2cccc3ccc(O)nc23)C1=O. The highest BCUT2D eigenvalue weighted by Crippen LogP contribution is 2.29. The number of aromatic nitrogens is 1. The number of carbonyl (C=O) groups excluding carboxylic acids is 1. The highest BCUT2D eigenvalue weighted by atomic mass is 16.3. The van der Waals surface area contributed by atoms with Gasteiger partial charge in [-0.25, -0.2) is 4.98 Å². The molecule has 2 heterocycles. The Bertz CT molecular complexity index is 627. The van der Waals surface area contributed by atoms with Crippen LogP contribution in [0.2, 0.25) is 0 Å². The number of fused-ring (bicyclic) bond motifs is 1. The van der Waals surface area contributed by atoms with Crippen molar-refractivity contribution in [1.82, 2.24) is 4.98 Å². The van der Waals surface area contributed by atoms with Crippen LogP contribution < -0.4 is 10.6 Å². The van der Waals surface area contributed by atoms with E-state index in [9.17, 15) is 9.90 Å². The molecule has 0 radical (unpaired) electrons. The molecule has 1 atom stereocenters. The molecule has 0 aliphatic carbocycles. The molecule has 0 saturated carbocycles. The van der Waals surface area contributed by atoms with Crippen molar-refractivity contribution >= 4 is 22.5 Å². The molecule has 0 spiro atoms. The number of amides is 1. The van der Waals surface area contributed by atoms with Crippen LogP contribution in [0.4, 0.5) is 5.69 Å². The molecule has 1 aromatic carbocycles. The van der Waals surface area contributed by atoms with E-state index in [1.807, 2.05) is 18.2 Å². The topological polar surface area (TPSA) is 79.4 Å². The highest BCUT2D eigenvalue weighted by molar-refractivity contribution is 6.05. The molecule has 0 bridgehead atoms. The molecular formula is C13H13N3O2. The Balaban J connectivity index is 2.17. The molecule has 1 fully saturated rings. The van der Waals surface area contributed by atoms with E-state index in [-0.39, 0.29) is 11.8 Å². The summed E-state index contributed by atoms with van der Waals surface area (Å²) in [6, 6.07) is 8.47. The summed E-state index contributed by atoms with van der Waals surface area (Å²) in [6.07, 6.45) is 0.647. The molecule has 5 nitrogen and oxygen atoms in total. The number of para-hydroxylation sites is 1. The fourth-order valence-corrected chi connectivity index (χ4v) is 2.28. The van der Waals surface area contributed by atoms with Crippen molar-refractivity contribution in [2.75, 3.05) is 11.4 Å². The fourth-order valence-electron chi connectivity index (χ4n) is 2.28. The summed E-state index contributed by atoms with van der Waals surface area (Å²) in [5.41, 5.74) is 7.05. The Morgan fingerprint density at radius 3 is 2.89 bits per heavy atom. The average Bonchev–Trinajstić information content (AvgIpc) is 2.69. The summed E-state index contributed by atoms with van der Waals surface area (Å²) in [5, 5.41) is 10.4. The quantitative estimate of drug-likeness (QED) is 0.783. The first-order valence-corrected chi connectivity index (χ1v) is 5.82. The van der Waals surface area contributed by atoms with Gasteiger partial charge in [-0.05, 0) is 18.6 Å². The monoisotopic (exact) mass is 243 g/mol. The summed E-state index contributed by atoms with van der Waals surface area (Å²) in [4.78, 5) is 17.7. The van der Waals surface area contributed by atoms with Crippen LogP contribution >= 0.6 is 0 Å². The standard InChI is InChI=1S/C13H13N3O2/c14-9-6-7-16(13(9)18)10-3-1-2-8-4-5-11(17)15-12(8)10/h1-5,9H,6-7,14H2,(H,15,17). The summed E-state index contributed by atoms with van der Waals surface area (Å²) < 4.78 is 0. The van der Waals surface area contributed by atoms with Crippen LogP contribution in [-0.2, 0) is 4.79 Å². The van der Waals surface area contributed by atoms with E-state index >= 15 is 0 Å². The molecular weight excluding hydrogens is 230 g/mol. The maximum Gasteiger partial charge on any atom is 0.244 e. The third-order valence-electron chi connectivity index (χ3n) is 3.22. The Morgan fingerprint density at radius 2 is 2.17 bits per heavy atom. The fraction of sp³-hybridized carbons (Fsp3) is 0.231. The van der Waals surface area contributed by atoms with Crippen molar-refractivity contribution in [3.63, 3.8) is 0 Å². The van der Waals surface area contributed by atoms with Gasteiger partial charge in [0.25, 0.3) is 0 Å². The normalized spacial score (nSPS) is 19.7. The van der Waals surface area contributed by atoms with Crippen LogP contribution in [-0.4, -0.2) is 28.6 Å². The van der Waals surface area contributed by atoms with Gasteiger partial charge in [0, 0.05) is 18.0 Å². The van der Waals surface area contributed by atoms with Gasteiger partial charge >= 0.3 is 0 Å². The molecule has 1 aromatic heterocycles. The molecule has 18 heavy (non-hydrogen) atoms. The Kier molecular flexibility index (Phi) is 2.41. The first-order chi connectivity index (χ1) is 8.66. The lowest BCUT2D eigenvalue weighted by molar-refractivity contribution is -0.118. The predicted molar refractivity (Wildman–Crippen MR) is 68.4 cm³/mol. The Morgan fingerprint density at radius 1 is 1.33 bits per heavy atom. The number of aromatic hydroxyl groups is 1. The van der Waals surface area contributed by atoms with Crippen molar-refractivity contribution in [2.45, 2.75) is 12.5 Å².